The summed E-state index contributed by atoms with van der Waals surface area (Å²) in [5, 5.41) is 5.43. The van der Waals surface area contributed by atoms with E-state index in [0.717, 1.165) is 22.4 Å². The van der Waals surface area contributed by atoms with Crippen molar-refractivity contribution in [3.63, 3.8) is 0 Å². The molecule has 1 atom stereocenters. The van der Waals surface area contributed by atoms with Gasteiger partial charge >= 0.3 is 0 Å². The summed E-state index contributed by atoms with van der Waals surface area (Å²) in [5.41, 5.74) is 2.51. The standard InChI is InChI=1S/C24H23N3O3S/c1-15(17-7-5-4-6-8-17)25-21(28)13-27-16(2)26-23-22(24(27)29)20(14-31-23)18-9-11-19(30-3)12-10-18/h4-12,14-15H,13H2,1-3H3,(H,25,28). The molecule has 4 aromatic rings. The quantitative estimate of drug-likeness (QED) is 0.492. The fourth-order valence-electron chi connectivity index (χ4n) is 3.55. The minimum atomic E-state index is -0.232. The number of benzene rings is 2. The van der Waals surface area contributed by atoms with E-state index in [1.165, 1.54) is 15.9 Å². The molecule has 0 saturated carbocycles. The van der Waals surface area contributed by atoms with E-state index in [-0.39, 0.29) is 24.1 Å². The van der Waals surface area contributed by atoms with Crippen molar-refractivity contribution in [3.05, 3.63) is 81.7 Å². The molecule has 6 nitrogen and oxygen atoms in total. The molecule has 2 aromatic heterocycles. The zero-order valence-electron chi connectivity index (χ0n) is 17.6. The maximum atomic E-state index is 13.3. The summed E-state index contributed by atoms with van der Waals surface area (Å²) in [6.45, 7) is 3.59. The average molecular weight is 434 g/mol. The van der Waals surface area contributed by atoms with Gasteiger partial charge in [-0.3, -0.25) is 14.2 Å². The first-order chi connectivity index (χ1) is 15.0. The Hall–Kier alpha value is -3.45. The van der Waals surface area contributed by atoms with Gasteiger partial charge < -0.3 is 10.1 Å². The zero-order valence-corrected chi connectivity index (χ0v) is 18.4. The molecule has 7 heteroatoms. The highest BCUT2D eigenvalue weighted by Gasteiger charge is 2.18. The molecule has 1 amide bonds. The molecule has 1 unspecified atom stereocenters. The van der Waals surface area contributed by atoms with Crippen molar-refractivity contribution < 1.29 is 9.53 Å². The van der Waals surface area contributed by atoms with Crippen LogP contribution in [0, 0.1) is 6.92 Å². The molecule has 0 aliphatic carbocycles. The zero-order chi connectivity index (χ0) is 22.0. The highest BCUT2D eigenvalue weighted by molar-refractivity contribution is 7.17. The number of aromatic nitrogens is 2. The SMILES string of the molecule is COc1ccc(-c2csc3nc(C)n(CC(=O)NC(C)c4ccccc4)c(=O)c23)cc1. The van der Waals surface area contributed by atoms with E-state index in [0.29, 0.717) is 16.0 Å². The van der Waals surface area contributed by atoms with Gasteiger partial charge in [-0.15, -0.1) is 11.3 Å². The number of rotatable bonds is 6. The summed E-state index contributed by atoms with van der Waals surface area (Å²) in [5.74, 6) is 1.03. The van der Waals surface area contributed by atoms with Gasteiger partial charge in [0.1, 0.15) is 22.9 Å². The third-order valence-corrected chi connectivity index (χ3v) is 6.14. The minimum Gasteiger partial charge on any atom is -0.497 e. The summed E-state index contributed by atoms with van der Waals surface area (Å²) in [6, 6.07) is 17.1. The van der Waals surface area contributed by atoms with E-state index in [2.05, 4.69) is 10.3 Å². The first-order valence-electron chi connectivity index (χ1n) is 9.95. The topological polar surface area (TPSA) is 73.2 Å². The number of thiophene rings is 1. The van der Waals surface area contributed by atoms with Gasteiger partial charge in [0.25, 0.3) is 5.56 Å². The molecular formula is C24H23N3O3S. The van der Waals surface area contributed by atoms with E-state index in [4.69, 9.17) is 4.74 Å². The van der Waals surface area contributed by atoms with E-state index in [9.17, 15) is 9.59 Å². The number of carbonyl (C=O) groups excluding carboxylic acids is 1. The van der Waals surface area contributed by atoms with Gasteiger partial charge in [0.15, 0.2) is 0 Å². The predicted molar refractivity (Wildman–Crippen MR) is 124 cm³/mol. The van der Waals surface area contributed by atoms with Gasteiger partial charge in [0, 0.05) is 10.9 Å². The average Bonchev–Trinajstić information content (AvgIpc) is 3.21. The number of ether oxygens (including phenoxy) is 1. The minimum absolute atomic E-state index is 0.0807. The predicted octanol–water partition coefficient (Wildman–Crippen LogP) is 4.32. The van der Waals surface area contributed by atoms with Crippen LogP contribution in [0.3, 0.4) is 0 Å². The fourth-order valence-corrected chi connectivity index (χ4v) is 4.53. The first kappa shape index (κ1) is 20.8. The van der Waals surface area contributed by atoms with Gasteiger partial charge in [0.2, 0.25) is 5.91 Å². The van der Waals surface area contributed by atoms with Gasteiger partial charge in [0.05, 0.1) is 18.5 Å². The normalized spacial score (nSPS) is 12.0. The van der Waals surface area contributed by atoms with Crippen LogP contribution in [0.4, 0.5) is 0 Å². The Morgan fingerprint density at radius 3 is 2.55 bits per heavy atom. The molecule has 0 saturated heterocycles. The van der Waals surface area contributed by atoms with Crippen molar-refractivity contribution in [2.24, 2.45) is 0 Å². The summed E-state index contributed by atoms with van der Waals surface area (Å²) in [4.78, 5) is 31.3. The van der Waals surface area contributed by atoms with E-state index < -0.39 is 0 Å². The van der Waals surface area contributed by atoms with Crippen LogP contribution in [-0.2, 0) is 11.3 Å². The lowest BCUT2D eigenvalue weighted by atomic mass is 10.1. The van der Waals surface area contributed by atoms with Crippen LogP contribution < -0.4 is 15.6 Å². The number of aryl methyl sites for hydroxylation is 1. The molecule has 0 aliphatic rings. The monoisotopic (exact) mass is 433 g/mol. The lowest BCUT2D eigenvalue weighted by Crippen LogP contribution is -2.35. The second-order valence-corrected chi connectivity index (χ2v) is 8.17. The van der Waals surface area contributed by atoms with E-state index in [1.54, 1.807) is 14.0 Å². The third kappa shape index (κ3) is 4.22. The maximum absolute atomic E-state index is 13.3. The van der Waals surface area contributed by atoms with Crippen molar-refractivity contribution in [1.82, 2.24) is 14.9 Å². The highest BCUT2D eigenvalue weighted by Crippen LogP contribution is 2.32. The molecule has 2 aromatic carbocycles. The number of nitrogens with zero attached hydrogens (tertiary/aromatic N) is 2. The summed E-state index contributed by atoms with van der Waals surface area (Å²) in [7, 11) is 1.62. The Balaban J connectivity index is 1.65. The van der Waals surface area contributed by atoms with Gasteiger partial charge in [-0.05, 0) is 37.1 Å². The first-order valence-corrected chi connectivity index (χ1v) is 10.8. The lowest BCUT2D eigenvalue weighted by Gasteiger charge is -2.16. The van der Waals surface area contributed by atoms with E-state index >= 15 is 0 Å². The fraction of sp³-hybridized carbons (Fsp3) is 0.208. The van der Waals surface area contributed by atoms with Crippen LogP contribution in [0.5, 0.6) is 5.75 Å². The molecule has 0 radical (unpaired) electrons. The number of amides is 1. The van der Waals surface area contributed by atoms with Crippen molar-refractivity contribution in [1.29, 1.82) is 0 Å². The van der Waals surface area contributed by atoms with Crippen LogP contribution in [0.2, 0.25) is 0 Å². The van der Waals surface area contributed by atoms with E-state index in [1.807, 2.05) is 66.9 Å². The molecule has 4 rings (SSSR count). The summed E-state index contributed by atoms with van der Waals surface area (Å²) >= 11 is 1.43. The second kappa shape index (κ2) is 8.73. The number of hydrogen-bond acceptors (Lipinski definition) is 5. The van der Waals surface area contributed by atoms with Crippen molar-refractivity contribution in [2.45, 2.75) is 26.4 Å². The molecule has 0 spiro atoms. The molecule has 31 heavy (non-hydrogen) atoms. The molecule has 0 aliphatic heterocycles. The number of carbonyl (C=O) groups is 1. The number of methoxy groups -OCH3 is 1. The smallest absolute Gasteiger partial charge is 0.263 e. The third-order valence-electron chi connectivity index (χ3n) is 5.26. The molecule has 158 valence electrons. The lowest BCUT2D eigenvalue weighted by molar-refractivity contribution is -0.122. The summed E-state index contributed by atoms with van der Waals surface area (Å²) < 4.78 is 6.66. The number of hydrogen-bond donors (Lipinski definition) is 1. The second-order valence-electron chi connectivity index (χ2n) is 7.31. The Morgan fingerprint density at radius 2 is 1.87 bits per heavy atom. The van der Waals surface area contributed by atoms with Gasteiger partial charge in [-0.25, -0.2) is 4.98 Å². The Morgan fingerprint density at radius 1 is 1.16 bits per heavy atom. The van der Waals surface area contributed by atoms with Crippen LogP contribution >= 0.6 is 11.3 Å². The molecule has 2 heterocycles. The number of nitrogens with one attached hydrogen (secondary N) is 1. The summed E-state index contributed by atoms with van der Waals surface area (Å²) in [6.07, 6.45) is 0. The van der Waals surface area contributed by atoms with Gasteiger partial charge in [-0.2, -0.15) is 0 Å². The van der Waals surface area contributed by atoms with Crippen LogP contribution in [-0.4, -0.2) is 22.6 Å². The molecule has 1 N–H and O–H groups in total. The van der Waals surface area contributed by atoms with Gasteiger partial charge in [-0.1, -0.05) is 42.5 Å². The van der Waals surface area contributed by atoms with Crippen molar-refractivity contribution >= 4 is 27.5 Å². The van der Waals surface area contributed by atoms with Crippen LogP contribution in [0.25, 0.3) is 21.3 Å². The van der Waals surface area contributed by atoms with Crippen molar-refractivity contribution in [2.75, 3.05) is 7.11 Å². The largest absolute Gasteiger partial charge is 0.497 e. The van der Waals surface area contributed by atoms with Crippen LogP contribution in [0.1, 0.15) is 24.4 Å². The molecular weight excluding hydrogens is 410 g/mol. The Labute approximate surface area is 184 Å². The molecule has 0 fully saturated rings. The Kier molecular flexibility index (Phi) is 5.86. The number of fused-ring (bicyclic) bond motifs is 1. The highest BCUT2D eigenvalue weighted by atomic mass is 32.1. The van der Waals surface area contributed by atoms with Crippen molar-refractivity contribution in [3.8, 4) is 16.9 Å². The maximum Gasteiger partial charge on any atom is 0.263 e. The molecule has 0 bridgehead atoms. The van der Waals surface area contributed by atoms with Crippen LogP contribution in [0.15, 0.2) is 64.8 Å². The Bertz CT molecular complexity index is 1280.